The summed E-state index contributed by atoms with van der Waals surface area (Å²) in [7, 11) is 1.81. The minimum absolute atomic E-state index is 0.0256. The van der Waals surface area contributed by atoms with Crippen LogP contribution in [0.3, 0.4) is 0 Å². The van der Waals surface area contributed by atoms with Crippen molar-refractivity contribution in [3.05, 3.63) is 102 Å². The Labute approximate surface area is 157 Å². The van der Waals surface area contributed by atoms with E-state index in [1.54, 1.807) is 0 Å². The number of para-hydroxylation sites is 1. The molecule has 0 heterocycles. The predicted octanol–water partition coefficient (Wildman–Crippen LogP) is 4.62. The normalized spacial score (nSPS) is 11.0. The second-order valence-corrected chi connectivity index (χ2v) is 6.28. The smallest absolute Gasteiger partial charge is 0.238 e. The monoisotopic (exact) mass is 366 g/mol. The lowest BCUT2D eigenvalue weighted by Gasteiger charge is -2.28. The van der Waals surface area contributed by atoms with Gasteiger partial charge in [-0.25, -0.2) is 8.78 Å². The van der Waals surface area contributed by atoms with Crippen molar-refractivity contribution in [2.45, 2.75) is 6.04 Å². The third-order valence-electron chi connectivity index (χ3n) is 4.29. The number of carbonyl (C=O) groups is 1. The van der Waals surface area contributed by atoms with Gasteiger partial charge >= 0.3 is 0 Å². The van der Waals surface area contributed by atoms with Gasteiger partial charge in [0.2, 0.25) is 5.91 Å². The Hall–Kier alpha value is -3.05. The summed E-state index contributed by atoms with van der Waals surface area (Å²) in [4.78, 5) is 14.3. The Bertz CT molecular complexity index is 841. The molecule has 3 nitrogen and oxygen atoms in total. The maximum absolute atomic E-state index is 13.8. The van der Waals surface area contributed by atoms with Gasteiger partial charge in [-0.3, -0.25) is 9.69 Å². The summed E-state index contributed by atoms with van der Waals surface area (Å²) in [6, 6.07) is 22.9. The molecule has 1 N–H and O–H groups in total. The Morgan fingerprint density at radius 3 is 1.81 bits per heavy atom. The SMILES string of the molecule is CN(CC(=O)Nc1c(F)cccc1F)C(c1ccccc1)c1ccccc1. The second-order valence-electron chi connectivity index (χ2n) is 6.28. The number of nitrogens with zero attached hydrogens (tertiary/aromatic N) is 1. The molecule has 0 saturated carbocycles. The molecule has 0 fully saturated rings. The zero-order valence-electron chi connectivity index (χ0n) is 14.9. The summed E-state index contributed by atoms with van der Waals surface area (Å²) in [6.45, 7) is -0.0256. The molecule has 0 saturated heterocycles. The zero-order valence-corrected chi connectivity index (χ0v) is 14.9. The van der Waals surface area contributed by atoms with Crippen LogP contribution >= 0.6 is 0 Å². The number of nitrogens with one attached hydrogen (secondary N) is 1. The van der Waals surface area contributed by atoms with Crippen LogP contribution in [0.25, 0.3) is 0 Å². The molecule has 3 aromatic rings. The van der Waals surface area contributed by atoms with Gasteiger partial charge in [0.05, 0.1) is 12.6 Å². The van der Waals surface area contributed by atoms with E-state index in [0.717, 1.165) is 23.3 Å². The van der Waals surface area contributed by atoms with Crippen molar-refractivity contribution >= 4 is 11.6 Å². The topological polar surface area (TPSA) is 32.3 Å². The van der Waals surface area contributed by atoms with Gasteiger partial charge in [-0.1, -0.05) is 66.7 Å². The van der Waals surface area contributed by atoms with E-state index in [1.807, 2.05) is 72.6 Å². The first-order valence-electron chi connectivity index (χ1n) is 8.60. The number of anilines is 1. The standard InChI is InChI=1S/C22H20F2N2O/c1-26(15-20(27)25-21-18(23)13-8-14-19(21)24)22(16-9-4-2-5-10-16)17-11-6-3-7-12-17/h2-14,22H,15H2,1H3,(H,25,27). The molecular formula is C22H20F2N2O. The highest BCUT2D eigenvalue weighted by Gasteiger charge is 2.22. The number of hydrogen-bond donors (Lipinski definition) is 1. The van der Waals surface area contributed by atoms with Gasteiger partial charge in [0, 0.05) is 0 Å². The Morgan fingerprint density at radius 1 is 0.852 bits per heavy atom. The van der Waals surface area contributed by atoms with Crippen molar-refractivity contribution in [3.8, 4) is 0 Å². The van der Waals surface area contributed by atoms with E-state index < -0.39 is 23.2 Å². The zero-order chi connectivity index (χ0) is 19.2. The van der Waals surface area contributed by atoms with Crippen molar-refractivity contribution in [2.24, 2.45) is 0 Å². The average Bonchev–Trinajstić information content (AvgIpc) is 2.67. The molecule has 0 atom stereocenters. The van der Waals surface area contributed by atoms with Gasteiger partial charge in [0.25, 0.3) is 0 Å². The van der Waals surface area contributed by atoms with Crippen molar-refractivity contribution in [3.63, 3.8) is 0 Å². The van der Waals surface area contributed by atoms with Crippen LogP contribution in [0.15, 0.2) is 78.9 Å². The third kappa shape index (κ3) is 4.57. The van der Waals surface area contributed by atoms with Crippen LogP contribution in [0.4, 0.5) is 14.5 Å². The van der Waals surface area contributed by atoms with Gasteiger partial charge < -0.3 is 5.32 Å². The lowest BCUT2D eigenvalue weighted by atomic mass is 9.97. The summed E-state index contributed by atoms with van der Waals surface area (Å²) in [6.07, 6.45) is 0. The van der Waals surface area contributed by atoms with Gasteiger partial charge in [-0.05, 0) is 30.3 Å². The molecule has 5 heteroatoms. The fourth-order valence-electron chi connectivity index (χ4n) is 3.09. The van der Waals surface area contributed by atoms with E-state index >= 15 is 0 Å². The maximum atomic E-state index is 13.8. The van der Waals surface area contributed by atoms with E-state index in [2.05, 4.69) is 5.32 Å². The van der Waals surface area contributed by atoms with E-state index in [-0.39, 0.29) is 12.6 Å². The fourth-order valence-corrected chi connectivity index (χ4v) is 3.09. The van der Waals surface area contributed by atoms with Gasteiger partial charge in [0.15, 0.2) is 0 Å². The summed E-state index contributed by atoms with van der Waals surface area (Å²) >= 11 is 0. The second kappa shape index (κ2) is 8.56. The summed E-state index contributed by atoms with van der Waals surface area (Å²) < 4.78 is 27.5. The molecule has 0 aliphatic rings. The van der Waals surface area contributed by atoms with Crippen LogP contribution in [-0.4, -0.2) is 24.4 Å². The number of likely N-dealkylation sites (N-methyl/N-ethyl adjacent to an activating group) is 1. The van der Waals surface area contributed by atoms with E-state index in [4.69, 9.17) is 0 Å². The minimum atomic E-state index is -0.798. The summed E-state index contributed by atoms with van der Waals surface area (Å²) in [5.41, 5.74) is 1.62. The number of amides is 1. The molecule has 0 spiro atoms. The van der Waals surface area contributed by atoms with Crippen LogP contribution in [0.1, 0.15) is 17.2 Å². The lowest BCUT2D eigenvalue weighted by Crippen LogP contribution is -2.34. The Morgan fingerprint density at radius 2 is 1.33 bits per heavy atom. The molecule has 0 bridgehead atoms. The lowest BCUT2D eigenvalue weighted by molar-refractivity contribution is -0.117. The van der Waals surface area contributed by atoms with Crippen LogP contribution in [0.2, 0.25) is 0 Å². The number of benzene rings is 3. The van der Waals surface area contributed by atoms with Crippen LogP contribution < -0.4 is 5.32 Å². The molecular weight excluding hydrogens is 346 g/mol. The maximum Gasteiger partial charge on any atom is 0.238 e. The van der Waals surface area contributed by atoms with E-state index in [9.17, 15) is 13.6 Å². The molecule has 3 aromatic carbocycles. The van der Waals surface area contributed by atoms with Crippen molar-refractivity contribution < 1.29 is 13.6 Å². The Kier molecular flexibility index (Phi) is 5.94. The number of halogens is 2. The largest absolute Gasteiger partial charge is 0.320 e. The quantitative estimate of drug-likeness (QED) is 0.690. The van der Waals surface area contributed by atoms with Crippen molar-refractivity contribution in [1.82, 2.24) is 4.90 Å². The van der Waals surface area contributed by atoms with Crippen molar-refractivity contribution in [1.29, 1.82) is 0 Å². The highest BCUT2D eigenvalue weighted by Crippen LogP contribution is 2.27. The summed E-state index contributed by atoms with van der Waals surface area (Å²) in [5.74, 6) is -2.08. The van der Waals surface area contributed by atoms with Gasteiger partial charge in [0.1, 0.15) is 17.3 Å². The first-order chi connectivity index (χ1) is 13.1. The van der Waals surface area contributed by atoms with E-state index in [1.165, 1.54) is 6.07 Å². The first kappa shape index (κ1) is 18.7. The van der Waals surface area contributed by atoms with E-state index in [0.29, 0.717) is 0 Å². The number of rotatable bonds is 6. The summed E-state index contributed by atoms with van der Waals surface area (Å²) in [5, 5.41) is 2.34. The predicted molar refractivity (Wildman–Crippen MR) is 102 cm³/mol. The molecule has 0 aliphatic heterocycles. The van der Waals surface area contributed by atoms with Gasteiger partial charge in [-0.15, -0.1) is 0 Å². The first-order valence-corrected chi connectivity index (χ1v) is 8.60. The molecule has 0 radical (unpaired) electrons. The van der Waals surface area contributed by atoms with Gasteiger partial charge in [-0.2, -0.15) is 0 Å². The average molecular weight is 366 g/mol. The highest BCUT2D eigenvalue weighted by molar-refractivity contribution is 5.92. The van der Waals surface area contributed by atoms with Crippen LogP contribution in [0, 0.1) is 11.6 Å². The van der Waals surface area contributed by atoms with Crippen LogP contribution in [-0.2, 0) is 4.79 Å². The molecule has 1 amide bonds. The molecule has 0 unspecified atom stereocenters. The molecule has 138 valence electrons. The molecule has 0 aromatic heterocycles. The molecule has 27 heavy (non-hydrogen) atoms. The van der Waals surface area contributed by atoms with Crippen molar-refractivity contribution in [2.75, 3.05) is 18.9 Å². The number of carbonyl (C=O) groups excluding carboxylic acids is 1. The fraction of sp³-hybridized carbons (Fsp3) is 0.136. The minimum Gasteiger partial charge on any atom is -0.320 e. The highest BCUT2D eigenvalue weighted by atomic mass is 19.1. The molecule has 0 aliphatic carbocycles. The molecule has 3 rings (SSSR count). The number of hydrogen-bond acceptors (Lipinski definition) is 2. The Balaban J connectivity index is 1.80. The third-order valence-corrected chi connectivity index (χ3v) is 4.29. The van der Waals surface area contributed by atoms with Crippen LogP contribution in [0.5, 0.6) is 0 Å².